The maximum atomic E-state index is 11.9. The minimum absolute atomic E-state index is 0.108. The molecule has 0 heterocycles. The van der Waals surface area contributed by atoms with E-state index in [-0.39, 0.29) is 28.5 Å². The van der Waals surface area contributed by atoms with Gasteiger partial charge in [0.1, 0.15) is 5.75 Å². The Balaban J connectivity index is 2.40. The third-order valence-corrected chi connectivity index (χ3v) is 4.86. The molecule has 5 nitrogen and oxygen atoms in total. The molecule has 0 saturated carbocycles. The number of alkyl halides is 1. The van der Waals surface area contributed by atoms with Crippen LogP contribution in [-0.2, 0) is 9.59 Å². The van der Waals surface area contributed by atoms with Crippen molar-refractivity contribution in [3.63, 3.8) is 0 Å². The molecule has 2 N–H and O–H groups in total. The first kappa shape index (κ1) is 19.5. The van der Waals surface area contributed by atoms with E-state index in [1.54, 1.807) is 12.1 Å². The highest BCUT2D eigenvalue weighted by Crippen LogP contribution is 2.25. The number of halogens is 1. The zero-order chi connectivity index (χ0) is 17.5. The van der Waals surface area contributed by atoms with Crippen molar-refractivity contribution in [2.24, 2.45) is 5.41 Å². The number of nitrogens with one attached hydrogen (secondary N) is 2. The summed E-state index contributed by atoms with van der Waals surface area (Å²) in [5, 5.41) is 5.56. The highest BCUT2D eigenvalue weighted by atomic mass is 79.9. The lowest BCUT2D eigenvalue weighted by Crippen LogP contribution is -2.39. The lowest BCUT2D eigenvalue weighted by Gasteiger charge is -2.24. The van der Waals surface area contributed by atoms with Crippen LogP contribution in [0.25, 0.3) is 0 Å². The largest absolute Gasteiger partial charge is 0.494 e. The van der Waals surface area contributed by atoms with E-state index in [0.29, 0.717) is 24.6 Å². The van der Waals surface area contributed by atoms with Gasteiger partial charge in [0.25, 0.3) is 0 Å². The average molecular weight is 385 g/mol. The number of benzene rings is 1. The van der Waals surface area contributed by atoms with Gasteiger partial charge in [0, 0.05) is 24.7 Å². The maximum absolute atomic E-state index is 11.9. The first-order chi connectivity index (χ1) is 10.7. The van der Waals surface area contributed by atoms with Crippen LogP contribution in [-0.4, -0.2) is 29.8 Å². The van der Waals surface area contributed by atoms with Crippen LogP contribution >= 0.6 is 15.9 Å². The molecule has 2 amide bonds. The molecule has 1 unspecified atom stereocenters. The van der Waals surface area contributed by atoms with Crippen LogP contribution in [0.15, 0.2) is 24.3 Å². The Morgan fingerprint density at radius 1 is 1.30 bits per heavy atom. The standard InChI is InChI=1S/C17H25BrN2O3/c1-5-23-13-8-6-7-12(11-13)20-14(21)9-10-19-16(22)15(18)17(2,3)4/h6-8,11,15H,5,9-10H2,1-4H3,(H,19,22)(H,20,21). The summed E-state index contributed by atoms with van der Waals surface area (Å²) in [5.74, 6) is 0.454. The molecule has 23 heavy (non-hydrogen) atoms. The fourth-order valence-electron chi connectivity index (χ4n) is 1.84. The van der Waals surface area contributed by atoms with Crippen molar-refractivity contribution >= 4 is 33.4 Å². The predicted molar refractivity (Wildman–Crippen MR) is 96.0 cm³/mol. The lowest BCUT2D eigenvalue weighted by atomic mass is 9.92. The smallest absolute Gasteiger partial charge is 0.234 e. The van der Waals surface area contributed by atoms with Gasteiger partial charge in [0.15, 0.2) is 0 Å². The molecule has 1 atom stereocenters. The number of carbonyl (C=O) groups is 2. The molecule has 0 aliphatic carbocycles. The van der Waals surface area contributed by atoms with E-state index in [9.17, 15) is 9.59 Å². The van der Waals surface area contributed by atoms with Crippen LogP contribution in [0.2, 0.25) is 0 Å². The van der Waals surface area contributed by atoms with Crippen LogP contribution in [0.1, 0.15) is 34.1 Å². The molecule has 6 heteroatoms. The average Bonchev–Trinajstić information content (AvgIpc) is 2.46. The van der Waals surface area contributed by atoms with Crippen molar-refractivity contribution in [3.05, 3.63) is 24.3 Å². The van der Waals surface area contributed by atoms with E-state index < -0.39 is 0 Å². The first-order valence-corrected chi connectivity index (χ1v) is 8.60. The van der Waals surface area contributed by atoms with Crippen molar-refractivity contribution in [2.75, 3.05) is 18.5 Å². The Kier molecular flexibility index (Phi) is 7.55. The molecule has 0 aromatic heterocycles. The summed E-state index contributed by atoms with van der Waals surface area (Å²) in [5.41, 5.74) is 0.506. The molecule has 1 aromatic carbocycles. The third-order valence-electron chi connectivity index (χ3n) is 3.07. The molecule has 0 bridgehead atoms. The number of amides is 2. The molecule has 0 aliphatic heterocycles. The van der Waals surface area contributed by atoms with E-state index in [2.05, 4.69) is 26.6 Å². The topological polar surface area (TPSA) is 67.4 Å². The van der Waals surface area contributed by atoms with E-state index >= 15 is 0 Å². The fraction of sp³-hybridized carbons (Fsp3) is 0.529. The van der Waals surface area contributed by atoms with Gasteiger partial charge in [-0.2, -0.15) is 0 Å². The summed E-state index contributed by atoms with van der Waals surface area (Å²) in [7, 11) is 0. The van der Waals surface area contributed by atoms with E-state index in [1.165, 1.54) is 0 Å². The van der Waals surface area contributed by atoms with Crippen molar-refractivity contribution in [1.82, 2.24) is 5.32 Å². The molecule has 0 spiro atoms. The van der Waals surface area contributed by atoms with Gasteiger partial charge in [0.2, 0.25) is 11.8 Å². The van der Waals surface area contributed by atoms with Gasteiger partial charge in [-0.05, 0) is 24.5 Å². The molecule has 1 rings (SSSR count). The Bertz CT molecular complexity index is 541. The van der Waals surface area contributed by atoms with Crippen molar-refractivity contribution in [1.29, 1.82) is 0 Å². The number of hydrogen-bond donors (Lipinski definition) is 2. The lowest BCUT2D eigenvalue weighted by molar-refractivity contribution is -0.122. The second-order valence-corrected chi connectivity index (χ2v) is 7.19. The Hall–Kier alpha value is -1.56. The summed E-state index contributed by atoms with van der Waals surface area (Å²) in [6, 6.07) is 7.23. The maximum Gasteiger partial charge on any atom is 0.234 e. The monoisotopic (exact) mass is 384 g/mol. The van der Waals surface area contributed by atoms with Crippen LogP contribution in [0.3, 0.4) is 0 Å². The molecular weight excluding hydrogens is 360 g/mol. The molecule has 0 fully saturated rings. The molecule has 1 aromatic rings. The first-order valence-electron chi connectivity index (χ1n) is 7.68. The number of rotatable bonds is 7. The SMILES string of the molecule is CCOc1cccc(NC(=O)CCNC(=O)C(Br)C(C)(C)C)c1. The highest BCUT2D eigenvalue weighted by molar-refractivity contribution is 9.10. The van der Waals surface area contributed by atoms with Gasteiger partial charge < -0.3 is 15.4 Å². The van der Waals surface area contributed by atoms with Gasteiger partial charge in [-0.1, -0.05) is 42.8 Å². The zero-order valence-electron chi connectivity index (χ0n) is 14.1. The predicted octanol–water partition coefficient (Wildman–Crippen LogP) is 3.34. The summed E-state index contributed by atoms with van der Waals surface area (Å²) in [6.45, 7) is 8.71. The number of hydrogen-bond acceptors (Lipinski definition) is 3. The second kappa shape index (κ2) is 8.91. The van der Waals surface area contributed by atoms with Crippen LogP contribution in [0.5, 0.6) is 5.75 Å². The van der Waals surface area contributed by atoms with Gasteiger partial charge in [-0.25, -0.2) is 0 Å². The van der Waals surface area contributed by atoms with Gasteiger partial charge in [0.05, 0.1) is 11.4 Å². The Morgan fingerprint density at radius 2 is 2.00 bits per heavy atom. The minimum atomic E-state index is -0.291. The Morgan fingerprint density at radius 3 is 2.61 bits per heavy atom. The molecular formula is C17H25BrN2O3. The normalized spacial score (nSPS) is 12.4. The summed E-state index contributed by atoms with van der Waals surface area (Å²) in [4.78, 5) is 23.6. The number of anilines is 1. The second-order valence-electron chi connectivity index (χ2n) is 6.28. The third kappa shape index (κ3) is 7.03. The quantitative estimate of drug-likeness (QED) is 0.708. The van der Waals surface area contributed by atoms with Crippen molar-refractivity contribution in [3.8, 4) is 5.75 Å². The van der Waals surface area contributed by atoms with E-state index in [4.69, 9.17) is 4.74 Å². The number of ether oxygens (including phenoxy) is 1. The van der Waals surface area contributed by atoms with E-state index in [1.807, 2.05) is 39.8 Å². The molecule has 128 valence electrons. The van der Waals surface area contributed by atoms with Crippen LogP contribution < -0.4 is 15.4 Å². The zero-order valence-corrected chi connectivity index (χ0v) is 15.7. The van der Waals surface area contributed by atoms with Gasteiger partial charge in [-0.3, -0.25) is 9.59 Å². The summed E-state index contributed by atoms with van der Waals surface area (Å²) >= 11 is 3.38. The molecule has 0 saturated heterocycles. The van der Waals surface area contributed by atoms with Gasteiger partial charge in [-0.15, -0.1) is 0 Å². The Labute approximate surface area is 146 Å². The molecule has 0 radical (unpaired) electrons. The molecule has 0 aliphatic rings. The highest BCUT2D eigenvalue weighted by Gasteiger charge is 2.28. The van der Waals surface area contributed by atoms with Gasteiger partial charge >= 0.3 is 0 Å². The van der Waals surface area contributed by atoms with Crippen LogP contribution in [0, 0.1) is 5.41 Å². The summed E-state index contributed by atoms with van der Waals surface area (Å²) < 4.78 is 5.39. The van der Waals surface area contributed by atoms with Crippen molar-refractivity contribution < 1.29 is 14.3 Å². The minimum Gasteiger partial charge on any atom is -0.494 e. The number of carbonyl (C=O) groups excluding carboxylic acids is 2. The summed E-state index contributed by atoms with van der Waals surface area (Å²) in [6.07, 6.45) is 0.217. The fourth-order valence-corrected chi connectivity index (χ4v) is 2.00. The van der Waals surface area contributed by atoms with Crippen LogP contribution in [0.4, 0.5) is 5.69 Å². The van der Waals surface area contributed by atoms with E-state index in [0.717, 1.165) is 0 Å². The van der Waals surface area contributed by atoms with Crippen molar-refractivity contribution in [2.45, 2.75) is 38.9 Å².